The lowest BCUT2D eigenvalue weighted by molar-refractivity contribution is 0.122. The van der Waals surface area contributed by atoms with Crippen molar-refractivity contribution in [1.82, 2.24) is 4.90 Å². The predicted molar refractivity (Wildman–Crippen MR) is 80.3 cm³/mol. The molecule has 0 saturated carbocycles. The van der Waals surface area contributed by atoms with Gasteiger partial charge in [-0.1, -0.05) is 37.6 Å². The number of rotatable bonds is 4. The molecule has 0 spiro atoms. The molecule has 2 rings (SSSR count). The molecule has 1 fully saturated rings. The average molecular weight is 261 g/mol. The minimum Gasteiger partial charge on any atom is -0.387 e. The first-order valence-corrected chi connectivity index (χ1v) is 7.45. The second-order valence-corrected chi connectivity index (χ2v) is 6.43. The SMILES string of the molecule is Cc1ccc(C)c(C(O)CN2CCC(C(C)C)C2)c1. The first-order valence-electron chi connectivity index (χ1n) is 7.45. The van der Waals surface area contributed by atoms with Crippen molar-refractivity contribution in [3.05, 3.63) is 34.9 Å². The molecule has 1 heterocycles. The molecule has 1 aromatic carbocycles. The Labute approximate surface area is 117 Å². The summed E-state index contributed by atoms with van der Waals surface area (Å²) in [6.45, 7) is 11.8. The average Bonchev–Trinajstić information content (AvgIpc) is 2.80. The highest BCUT2D eigenvalue weighted by molar-refractivity contribution is 5.32. The van der Waals surface area contributed by atoms with E-state index in [4.69, 9.17) is 0 Å². The molecule has 0 bridgehead atoms. The molecule has 2 atom stereocenters. The minimum absolute atomic E-state index is 0.356. The van der Waals surface area contributed by atoms with Crippen LogP contribution >= 0.6 is 0 Å². The molecule has 106 valence electrons. The lowest BCUT2D eigenvalue weighted by Crippen LogP contribution is -2.27. The Morgan fingerprint density at radius 1 is 1.32 bits per heavy atom. The molecule has 2 unspecified atom stereocenters. The molecule has 2 heteroatoms. The fourth-order valence-corrected chi connectivity index (χ4v) is 3.03. The van der Waals surface area contributed by atoms with Crippen LogP contribution in [0.4, 0.5) is 0 Å². The third kappa shape index (κ3) is 3.58. The van der Waals surface area contributed by atoms with E-state index in [1.165, 1.54) is 17.5 Å². The molecule has 1 N–H and O–H groups in total. The van der Waals surface area contributed by atoms with Crippen LogP contribution in [0, 0.1) is 25.7 Å². The molecule has 0 aromatic heterocycles. The second kappa shape index (κ2) is 6.06. The van der Waals surface area contributed by atoms with Gasteiger partial charge in [0, 0.05) is 13.1 Å². The van der Waals surface area contributed by atoms with E-state index in [0.717, 1.165) is 37.0 Å². The highest BCUT2D eigenvalue weighted by atomic mass is 16.3. The number of nitrogens with zero attached hydrogens (tertiary/aromatic N) is 1. The number of aliphatic hydroxyl groups excluding tert-OH is 1. The molecule has 0 radical (unpaired) electrons. The molecule has 0 aliphatic carbocycles. The largest absolute Gasteiger partial charge is 0.387 e. The molecule has 1 saturated heterocycles. The number of hydrogen-bond acceptors (Lipinski definition) is 2. The van der Waals surface area contributed by atoms with E-state index < -0.39 is 0 Å². The van der Waals surface area contributed by atoms with Gasteiger partial charge in [-0.2, -0.15) is 0 Å². The molecular weight excluding hydrogens is 234 g/mol. The smallest absolute Gasteiger partial charge is 0.0919 e. The van der Waals surface area contributed by atoms with Crippen molar-refractivity contribution < 1.29 is 5.11 Å². The summed E-state index contributed by atoms with van der Waals surface area (Å²) in [5.41, 5.74) is 3.51. The third-order valence-electron chi connectivity index (χ3n) is 4.48. The van der Waals surface area contributed by atoms with Crippen LogP contribution in [0.15, 0.2) is 18.2 Å². The molecule has 1 aromatic rings. The molecule has 1 aliphatic heterocycles. The Morgan fingerprint density at radius 3 is 2.68 bits per heavy atom. The summed E-state index contributed by atoms with van der Waals surface area (Å²) in [7, 11) is 0. The number of hydrogen-bond donors (Lipinski definition) is 1. The second-order valence-electron chi connectivity index (χ2n) is 6.43. The normalized spacial score (nSPS) is 22.1. The van der Waals surface area contributed by atoms with Gasteiger partial charge in [-0.15, -0.1) is 0 Å². The maximum Gasteiger partial charge on any atom is 0.0919 e. The molecular formula is C17H27NO. The number of benzene rings is 1. The van der Waals surface area contributed by atoms with E-state index in [0.29, 0.717) is 0 Å². The Morgan fingerprint density at radius 2 is 2.05 bits per heavy atom. The zero-order chi connectivity index (χ0) is 14.0. The Kier molecular flexibility index (Phi) is 4.64. The van der Waals surface area contributed by atoms with Gasteiger partial charge in [0.2, 0.25) is 0 Å². The Balaban J connectivity index is 1.98. The van der Waals surface area contributed by atoms with Crippen molar-refractivity contribution in [1.29, 1.82) is 0 Å². The lowest BCUT2D eigenvalue weighted by Gasteiger charge is -2.22. The summed E-state index contributed by atoms with van der Waals surface area (Å²) in [4.78, 5) is 2.41. The Hall–Kier alpha value is -0.860. The number of aryl methyl sites for hydroxylation is 2. The van der Waals surface area contributed by atoms with Crippen LogP contribution in [0.3, 0.4) is 0 Å². The highest BCUT2D eigenvalue weighted by Crippen LogP contribution is 2.26. The standard InChI is InChI=1S/C17H27NO/c1-12(2)15-7-8-18(10-15)11-17(19)16-9-13(3)5-6-14(16)4/h5-6,9,12,15,17,19H,7-8,10-11H2,1-4H3. The van der Waals surface area contributed by atoms with Crippen molar-refractivity contribution in [2.45, 2.75) is 40.2 Å². The van der Waals surface area contributed by atoms with Gasteiger partial charge in [-0.05, 0) is 49.8 Å². The van der Waals surface area contributed by atoms with Crippen LogP contribution in [0.2, 0.25) is 0 Å². The van der Waals surface area contributed by atoms with Crippen molar-refractivity contribution in [2.75, 3.05) is 19.6 Å². The highest BCUT2D eigenvalue weighted by Gasteiger charge is 2.26. The number of β-amino-alcohol motifs (C(OH)–C–C–N with tert-alkyl or cyclic N) is 1. The Bertz CT molecular complexity index is 427. The number of likely N-dealkylation sites (tertiary alicyclic amines) is 1. The summed E-state index contributed by atoms with van der Waals surface area (Å²) in [5, 5.41) is 10.5. The quantitative estimate of drug-likeness (QED) is 0.899. The van der Waals surface area contributed by atoms with Gasteiger partial charge in [-0.3, -0.25) is 0 Å². The zero-order valence-electron chi connectivity index (χ0n) is 12.7. The first-order chi connectivity index (χ1) is 8.97. The van der Waals surface area contributed by atoms with E-state index in [1.54, 1.807) is 0 Å². The summed E-state index contributed by atoms with van der Waals surface area (Å²) in [6, 6.07) is 6.33. The van der Waals surface area contributed by atoms with Gasteiger partial charge in [0.1, 0.15) is 0 Å². The summed E-state index contributed by atoms with van der Waals surface area (Å²) in [6.07, 6.45) is 0.919. The van der Waals surface area contributed by atoms with E-state index in [9.17, 15) is 5.11 Å². The molecule has 0 amide bonds. The van der Waals surface area contributed by atoms with Gasteiger partial charge in [0.15, 0.2) is 0 Å². The maximum absolute atomic E-state index is 10.5. The van der Waals surface area contributed by atoms with Gasteiger partial charge in [0.05, 0.1) is 6.10 Å². The van der Waals surface area contributed by atoms with Gasteiger partial charge in [0.25, 0.3) is 0 Å². The molecule has 2 nitrogen and oxygen atoms in total. The van der Waals surface area contributed by atoms with Gasteiger partial charge < -0.3 is 10.0 Å². The van der Waals surface area contributed by atoms with Crippen LogP contribution in [0.5, 0.6) is 0 Å². The fraction of sp³-hybridized carbons (Fsp3) is 0.647. The van der Waals surface area contributed by atoms with Gasteiger partial charge >= 0.3 is 0 Å². The van der Waals surface area contributed by atoms with Crippen LogP contribution in [0.25, 0.3) is 0 Å². The molecule has 1 aliphatic rings. The summed E-state index contributed by atoms with van der Waals surface area (Å²) < 4.78 is 0. The van der Waals surface area contributed by atoms with Crippen LogP contribution in [-0.2, 0) is 0 Å². The van der Waals surface area contributed by atoms with Crippen molar-refractivity contribution in [2.24, 2.45) is 11.8 Å². The topological polar surface area (TPSA) is 23.5 Å². The summed E-state index contributed by atoms with van der Waals surface area (Å²) >= 11 is 0. The number of aliphatic hydroxyl groups is 1. The van der Waals surface area contributed by atoms with Crippen molar-refractivity contribution >= 4 is 0 Å². The van der Waals surface area contributed by atoms with E-state index in [1.807, 2.05) is 0 Å². The van der Waals surface area contributed by atoms with Gasteiger partial charge in [-0.25, -0.2) is 0 Å². The third-order valence-corrected chi connectivity index (χ3v) is 4.48. The predicted octanol–water partition coefficient (Wildman–Crippen LogP) is 3.31. The fourth-order valence-electron chi connectivity index (χ4n) is 3.03. The minimum atomic E-state index is -0.356. The maximum atomic E-state index is 10.5. The lowest BCUT2D eigenvalue weighted by atomic mass is 9.95. The van der Waals surface area contributed by atoms with E-state index in [2.05, 4.69) is 50.8 Å². The summed E-state index contributed by atoms with van der Waals surface area (Å²) in [5.74, 6) is 1.55. The van der Waals surface area contributed by atoms with Crippen LogP contribution in [-0.4, -0.2) is 29.6 Å². The van der Waals surface area contributed by atoms with E-state index in [-0.39, 0.29) is 6.10 Å². The molecule has 19 heavy (non-hydrogen) atoms. The van der Waals surface area contributed by atoms with Crippen molar-refractivity contribution in [3.8, 4) is 0 Å². The van der Waals surface area contributed by atoms with Crippen LogP contribution < -0.4 is 0 Å². The monoisotopic (exact) mass is 261 g/mol. The van der Waals surface area contributed by atoms with E-state index >= 15 is 0 Å². The zero-order valence-corrected chi connectivity index (χ0v) is 12.7. The first kappa shape index (κ1) is 14.5. The van der Waals surface area contributed by atoms with Crippen molar-refractivity contribution in [3.63, 3.8) is 0 Å². The van der Waals surface area contributed by atoms with Crippen LogP contribution in [0.1, 0.15) is 43.1 Å².